The Balaban J connectivity index is 1.61. The Hall–Kier alpha value is -2.43. The fourth-order valence-electron chi connectivity index (χ4n) is 3.39. The first-order valence-electron chi connectivity index (χ1n) is 8.92. The number of benzene rings is 1. The summed E-state index contributed by atoms with van der Waals surface area (Å²) in [5.41, 5.74) is 1.32. The van der Waals surface area contributed by atoms with Crippen molar-refractivity contribution < 1.29 is 9.18 Å². The van der Waals surface area contributed by atoms with Gasteiger partial charge in [0.25, 0.3) is 0 Å². The lowest BCUT2D eigenvalue weighted by Gasteiger charge is -2.36. The second-order valence-corrected chi connectivity index (χ2v) is 6.51. The summed E-state index contributed by atoms with van der Waals surface area (Å²) in [7, 11) is 0. The smallest absolute Gasteiger partial charge is 0.228 e. The molecule has 0 aliphatic carbocycles. The molecule has 0 radical (unpaired) electrons. The zero-order valence-corrected chi connectivity index (χ0v) is 14.5. The number of anilines is 2. The topological polar surface area (TPSA) is 45.2 Å². The molecule has 0 bridgehead atoms. The fraction of sp³-hybridized carbons (Fsp3) is 0.400. The molecule has 132 valence electrons. The van der Waals surface area contributed by atoms with E-state index in [-0.39, 0.29) is 18.1 Å². The number of hydrogen-bond donors (Lipinski definition) is 1. The SMILES string of the molecule is CCC1CCCCN1c1ccc(NC(=O)Cc2cccc(F)c2)cn1. The van der Waals surface area contributed by atoms with Gasteiger partial charge in [-0.3, -0.25) is 4.79 Å². The molecule has 0 spiro atoms. The van der Waals surface area contributed by atoms with E-state index in [0.717, 1.165) is 18.8 Å². The monoisotopic (exact) mass is 341 g/mol. The number of amides is 1. The predicted molar refractivity (Wildman–Crippen MR) is 98.2 cm³/mol. The Labute approximate surface area is 148 Å². The minimum atomic E-state index is -0.330. The van der Waals surface area contributed by atoms with Gasteiger partial charge in [0.2, 0.25) is 5.91 Å². The van der Waals surface area contributed by atoms with Crippen LogP contribution in [-0.2, 0) is 11.2 Å². The van der Waals surface area contributed by atoms with Gasteiger partial charge < -0.3 is 10.2 Å². The van der Waals surface area contributed by atoms with Crippen molar-refractivity contribution in [1.29, 1.82) is 0 Å². The molecular weight excluding hydrogens is 317 g/mol. The lowest BCUT2D eigenvalue weighted by atomic mass is 10.00. The molecular formula is C20H24FN3O. The molecule has 0 saturated carbocycles. The lowest BCUT2D eigenvalue weighted by molar-refractivity contribution is -0.115. The minimum absolute atomic E-state index is 0.142. The number of aromatic nitrogens is 1. The van der Waals surface area contributed by atoms with Crippen LogP contribution in [0, 0.1) is 5.82 Å². The van der Waals surface area contributed by atoms with Crippen LogP contribution in [-0.4, -0.2) is 23.5 Å². The first-order chi connectivity index (χ1) is 12.2. The Morgan fingerprint density at radius 1 is 1.32 bits per heavy atom. The molecule has 1 aliphatic rings. The summed E-state index contributed by atoms with van der Waals surface area (Å²) in [6.45, 7) is 3.25. The summed E-state index contributed by atoms with van der Waals surface area (Å²) >= 11 is 0. The third-order valence-electron chi connectivity index (χ3n) is 4.68. The highest BCUT2D eigenvalue weighted by atomic mass is 19.1. The maximum atomic E-state index is 13.2. The summed E-state index contributed by atoms with van der Waals surface area (Å²) in [5.74, 6) is 0.461. The number of rotatable bonds is 5. The molecule has 1 amide bonds. The van der Waals surface area contributed by atoms with E-state index in [2.05, 4.69) is 22.1 Å². The Morgan fingerprint density at radius 3 is 2.92 bits per heavy atom. The number of pyridine rings is 1. The molecule has 1 saturated heterocycles. The van der Waals surface area contributed by atoms with E-state index in [1.54, 1.807) is 18.3 Å². The molecule has 1 fully saturated rings. The third kappa shape index (κ3) is 4.56. The molecule has 4 nitrogen and oxygen atoms in total. The maximum absolute atomic E-state index is 13.2. The third-order valence-corrected chi connectivity index (χ3v) is 4.68. The van der Waals surface area contributed by atoms with Crippen LogP contribution in [0.1, 0.15) is 38.2 Å². The molecule has 2 aromatic rings. The van der Waals surface area contributed by atoms with Crippen molar-refractivity contribution in [3.63, 3.8) is 0 Å². The average molecular weight is 341 g/mol. The summed E-state index contributed by atoms with van der Waals surface area (Å²) in [4.78, 5) is 19.0. The van der Waals surface area contributed by atoms with E-state index in [1.165, 1.54) is 31.4 Å². The molecule has 3 rings (SSSR count). The molecule has 25 heavy (non-hydrogen) atoms. The number of hydrogen-bond acceptors (Lipinski definition) is 3. The summed E-state index contributed by atoms with van der Waals surface area (Å²) in [5, 5.41) is 2.82. The van der Waals surface area contributed by atoms with Gasteiger partial charge in [0.15, 0.2) is 0 Å². The first kappa shape index (κ1) is 17.4. The minimum Gasteiger partial charge on any atom is -0.354 e. The highest BCUT2D eigenvalue weighted by Crippen LogP contribution is 2.25. The first-order valence-corrected chi connectivity index (χ1v) is 8.92. The average Bonchev–Trinajstić information content (AvgIpc) is 2.62. The van der Waals surface area contributed by atoms with Gasteiger partial charge in [-0.25, -0.2) is 9.37 Å². The number of halogens is 1. The van der Waals surface area contributed by atoms with Crippen LogP contribution in [0.15, 0.2) is 42.6 Å². The van der Waals surface area contributed by atoms with Crippen LogP contribution < -0.4 is 10.2 Å². The Bertz CT molecular complexity index is 717. The van der Waals surface area contributed by atoms with Crippen LogP contribution in [0.3, 0.4) is 0 Å². The maximum Gasteiger partial charge on any atom is 0.228 e. The van der Waals surface area contributed by atoms with E-state index in [4.69, 9.17) is 0 Å². The van der Waals surface area contributed by atoms with E-state index in [9.17, 15) is 9.18 Å². The molecule has 1 aromatic carbocycles. The van der Waals surface area contributed by atoms with Crippen LogP contribution in [0.5, 0.6) is 0 Å². The van der Waals surface area contributed by atoms with Crippen molar-refractivity contribution in [3.05, 3.63) is 54.0 Å². The molecule has 1 atom stereocenters. The number of nitrogens with zero attached hydrogens (tertiary/aromatic N) is 2. The van der Waals surface area contributed by atoms with Gasteiger partial charge in [-0.05, 0) is 55.5 Å². The Morgan fingerprint density at radius 2 is 2.20 bits per heavy atom. The van der Waals surface area contributed by atoms with Crippen molar-refractivity contribution in [2.75, 3.05) is 16.8 Å². The number of piperidine rings is 1. The van der Waals surface area contributed by atoms with E-state index < -0.39 is 0 Å². The van der Waals surface area contributed by atoms with Gasteiger partial charge in [-0.15, -0.1) is 0 Å². The van der Waals surface area contributed by atoms with Gasteiger partial charge in [-0.2, -0.15) is 0 Å². The van der Waals surface area contributed by atoms with Crippen molar-refractivity contribution in [2.24, 2.45) is 0 Å². The molecule has 5 heteroatoms. The fourth-order valence-corrected chi connectivity index (χ4v) is 3.39. The van der Waals surface area contributed by atoms with Gasteiger partial charge >= 0.3 is 0 Å². The normalized spacial score (nSPS) is 17.4. The van der Waals surface area contributed by atoms with Crippen LogP contribution in [0.2, 0.25) is 0 Å². The summed E-state index contributed by atoms with van der Waals surface area (Å²) in [6, 6.07) is 10.5. The van der Waals surface area contributed by atoms with Gasteiger partial charge in [0, 0.05) is 12.6 Å². The second kappa shape index (κ2) is 8.10. The van der Waals surface area contributed by atoms with Crippen LogP contribution in [0.4, 0.5) is 15.9 Å². The quantitative estimate of drug-likeness (QED) is 0.888. The molecule has 1 N–H and O–H groups in total. The molecule has 1 aliphatic heterocycles. The van der Waals surface area contributed by atoms with E-state index >= 15 is 0 Å². The number of carbonyl (C=O) groups is 1. The van der Waals surface area contributed by atoms with E-state index in [0.29, 0.717) is 17.3 Å². The number of carbonyl (C=O) groups excluding carboxylic acids is 1. The van der Waals surface area contributed by atoms with Crippen molar-refractivity contribution in [2.45, 2.75) is 45.1 Å². The zero-order valence-electron chi connectivity index (χ0n) is 14.5. The van der Waals surface area contributed by atoms with Crippen molar-refractivity contribution in [1.82, 2.24) is 4.98 Å². The van der Waals surface area contributed by atoms with Gasteiger partial charge in [0.1, 0.15) is 11.6 Å². The number of nitrogens with one attached hydrogen (secondary N) is 1. The van der Waals surface area contributed by atoms with Crippen LogP contribution in [0.25, 0.3) is 0 Å². The van der Waals surface area contributed by atoms with Crippen molar-refractivity contribution in [3.8, 4) is 0 Å². The standard InChI is InChI=1S/C20H24FN3O/c1-2-18-8-3-4-11-24(18)19-10-9-17(14-22-19)23-20(25)13-15-6-5-7-16(21)12-15/h5-7,9-10,12,14,18H,2-4,8,11,13H2,1H3,(H,23,25). The van der Waals surface area contributed by atoms with E-state index in [1.807, 2.05) is 12.1 Å². The Kier molecular flexibility index (Phi) is 5.64. The molecule has 2 heterocycles. The molecule has 1 unspecified atom stereocenters. The summed E-state index contributed by atoms with van der Waals surface area (Å²) < 4.78 is 13.2. The van der Waals surface area contributed by atoms with Crippen LogP contribution >= 0.6 is 0 Å². The lowest BCUT2D eigenvalue weighted by Crippen LogP contribution is -2.39. The second-order valence-electron chi connectivity index (χ2n) is 6.51. The predicted octanol–water partition coefficient (Wildman–Crippen LogP) is 4.17. The highest BCUT2D eigenvalue weighted by molar-refractivity contribution is 5.92. The van der Waals surface area contributed by atoms with Crippen molar-refractivity contribution >= 4 is 17.4 Å². The largest absolute Gasteiger partial charge is 0.354 e. The summed E-state index contributed by atoms with van der Waals surface area (Å²) in [6.07, 6.45) is 6.65. The van der Waals surface area contributed by atoms with Gasteiger partial charge in [-0.1, -0.05) is 19.1 Å². The molecule has 1 aromatic heterocycles. The highest BCUT2D eigenvalue weighted by Gasteiger charge is 2.21. The van der Waals surface area contributed by atoms with Gasteiger partial charge in [0.05, 0.1) is 18.3 Å². The zero-order chi connectivity index (χ0) is 17.6.